The zero-order valence-corrected chi connectivity index (χ0v) is 15.5. The third-order valence-electron chi connectivity index (χ3n) is 6.34. The Labute approximate surface area is 145 Å². The van der Waals surface area contributed by atoms with Crippen LogP contribution >= 0.6 is 0 Å². The summed E-state index contributed by atoms with van der Waals surface area (Å²) in [6.45, 7) is 5.69. The van der Waals surface area contributed by atoms with Crippen LogP contribution in [0.1, 0.15) is 74.4 Å². The molecule has 24 heavy (non-hydrogen) atoms. The van der Waals surface area contributed by atoms with Crippen LogP contribution in [0.25, 0.3) is 0 Å². The van der Waals surface area contributed by atoms with Crippen LogP contribution in [-0.4, -0.2) is 33.7 Å². The second-order valence-corrected chi connectivity index (χ2v) is 7.89. The van der Waals surface area contributed by atoms with Crippen LogP contribution < -0.4 is 5.73 Å². The lowest BCUT2D eigenvalue weighted by Gasteiger charge is -2.37. The minimum absolute atomic E-state index is 0.0432. The SMILES string of the molecule is Cc1nn(C)c(C)c1C1CCCN1C(=O)CC1(CN)CCCCC1. The van der Waals surface area contributed by atoms with Gasteiger partial charge in [-0.1, -0.05) is 19.3 Å². The Morgan fingerprint density at radius 2 is 1.96 bits per heavy atom. The number of rotatable bonds is 4. The molecule has 1 saturated heterocycles. The summed E-state index contributed by atoms with van der Waals surface area (Å²) in [4.78, 5) is 15.2. The highest BCUT2D eigenvalue weighted by Crippen LogP contribution is 2.41. The molecule has 0 radical (unpaired) electrons. The summed E-state index contributed by atoms with van der Waals surface area (Å²) >= 11 is 0. The molecule has 1 amide bonds. The van der Waals surface area contributed by atoms with E-state index in [4.69, 9.17) is 5.73 Å². The fraction of sp³-hybridized carbons (Fsp3) is 0.789. The van der Waals surface area contributed by atoms with Gasteiger partial charge in [0.05, 0.1) is 11.7 Å². The number of aryl methyl sites for hydroxylation is 2. The quantitative estimate of drug-likeness (QED) is 0.922. The number of hydrogen-bond donors (Lipinski definition) is 1. The second-order valence-electron chi connectivity index (χ2n) is 7.89. The average Bonchev–Trinajstić information content (AvgIpc) is 3.13. The predicted molar refractivity (Wildman–Crippen MR) is 95.6 cm³/mol. The van der Waals surface area contributed by atoms with Crippen molar-refractivity contribution in [3.63, 3.8) is 0 Å². The van der Waals surface area contributed by atoms with E-state index in [0.29, 0.717) is 18.9 Å². The largest absolute Gasteiger partial charge is 0.336 e. The number of amides is 1. The molecular weight excluding hydrogens is 300 g/mol. The zero-order valence-electron chi connectivity index (χ0n) is 15.5. The summed E-state index contributed by atoms with van der Waals surface area (Å²) in [5, 5.41) is 4.55. The van der Waals surface area contributed by atoms with Gasteiger partial charge in [-0.15, -0.1) is 0 Å². The van der Waals surface area contributed by atoms with Crippen LogP contribution in [0.3, 0.4) is 0 Å². The van der Waals surface area contributed by atoms with Crippen LogP contribution in [0, 0.1) is 19.3 Å². The van der Waals surface area contributed by atoms with Crippen LogP contribution in [0.2, 0.25) is 0 Å². The fourth-order valence-corrected chi connectivity index (χ4v) is 4.81. The van der Waals surface area contributed by atoms with Crippen molar-refractivity contribution in [2.24, 2.45) is 18.2 Å². The van der Waals surface area contributed by atoms with Crippen LogP contribution in [0.5, 0.6) is 0 Å². The van der Waals surface area contributed by atoms with Crippen molar-refractivity contribution in [2.45, 2.75) is 71.3 Å². The number of likely N-dealkylation sites (tertiary alicyclic amines) is 1. The van der Waals surface area contributed by atoms with Gasteiger partial charge in [0.25, 0.3) is 0 Å². The van der Waals surface area contributed by atoms with E-state index in [0.717, 1.165) is 37.9 Å². The second kappa shape index (κ2) is 6.87. The zero-order chi connectivity index (χ0) is 17.3. The van der Waals surface area contributed by atoms with Gasteiger partial charge < -0.3 is 10.6 Å². The van der Waals surface area contributed by atoms with E-state index >= 15 is 0 Å². The van der Waals surface area contributed by atoms with Gasteiger partial charge >= 0.3 is 0 Å². The normalized spacial score (nSPS) is 23.7. The first-order valence-corrected chi connectivity index (χ1v) is 9.47. The molecule has 2 N–H and O–H groups in total. The highest BCUT2D eigenvalue weighted by atomic mass is 16.2. The van der Waals surface area contributed by atoms with E-state index in [2.05, 4.69) is 23.8 Å². The van der Waals surface area contributed by atoms with Gasteiger partial charge in [-0.2, -0.15) is 5.10 Å². The van der Waals surface area contributed by atoms with Crippen molar-refractivity contribution >= 4 is 5.91 Å². The average molecular weight is 332 g/mol. The maximum atomic E-state index is 13.1. The van der Waals surface area contributed by atoms with Crippen LogP contribution in [0.15, 0.2) is 0 Å². The molecule has 2 fully saturated rings. The van der Waals surface area contributed by atoms with Crippen LogP contribution in [-0.2, 0) is 11.8 Å². The van der Waals surface area contributed by atoms with Gasteiger partial charge in [-0.3, -0.25) is 9.48 Å². The Balaban J connectivity index is 1.78. The van der Waals surface area contributed by atoms with Crippen LogP contribution in [0.4, 0.5) is 0 Å². The van der Waals surface area contributed by atoms with E-state index in [-0.39, 0.29) is 11.5 Å². The maximum absolute atomic E-state index is 13.1. The molecule has 1 saturated carbocycles. The third kappa shape index (κ3) is 3.10. The lowest BCUT2D eigenvalue weighted by molar-refractivity contribution is -0.135. The molecule has 1 aromatic heterocycles. The fourth-order valence-electron chi connectivity index (χ4n) is 4.81. The van der Waals surface area contributed by atoms with E-state index < -0.39 is 0 Å². The van der Waals surface area contributed by atoms with E-state index in [1.807, 2.05) is 11.7 Å². The Hall–Kier alpha value is -1.36. The lowest BCUT2D eigenvalue weighted by Crippen LogP contribution is -2.40. The highest BCUT2D eigenvalue weighted by molar-refractivity contribution is 5.78. The standard InChI is InChI=1S/C19H32N4O/c1-14-18(15(2)22(3)21-14)16-8-7-11-23(16)17(24)12-19(13-20)9-5-4-6-10-19/h16H,4-13,20H2,1-3H3. The number of hydrogen-bond acceptors (Lipinski definition) is 3. The van der Waals surface area contributed by atoms with Crippen molar-refractivity contribution in [1.82, 2.24) is 14.7 Å². The van der Waals surface area contributed by atoms with Gasteiger partial charge in [-0.25, -0.2) is 0 Å². The summed E-state index contributed by atoms with van der Waals surface area (Å²) in [6.07, 6.45) is 8.70. The Bertz CT molecular complexity index is 601. The molecule has 0 aromatic carbocycles. The van der Waals surface area contributed by atoms with Crippen molar-refractivity contribution in [3.05, 3.63) is 17.0 Å². The molecule has 5 nitrogen and oxygen atoms in total. The van der Waals surface area contributed by atoms with Crippen molar-refractivity contribution in [1.29, 1.82) is 0 Å². The molecular formula is C19H32N4O. The number of nitrogens with zero attached hydrogens (tertiary/aromatic N) is 3. The molecule has 0 spiro atoms. The van der Waals surface area contributed by atoms with Crippen molar-refractivity contribution in [2.75, 3.05) is 13.1 Å². The number of aromatic nitrogens is 2. The van der Waals surface area contributed by atoms with Crippen molar-refractivity contribution in [3.8, 4) is 0 Å². The van der Waals surface area contributed by atoms with Gasteiger partial charge in [0, 0.05) is 31.3 Å². The molecule has 0 bridgehead atoms. The number of nitrogens with two attached hydrogens (primary N) is 1. The number of carbonyl (C=O) groups excluding carboxylic acids is 1. The Morgan fingerprint density at radius 1 is 1.25 bits per heavy atom. The molecule has 5 heteroatoms. The highest BCUT2D eigenvalue weighted by Gasteiger charge is 2.38. The summed E-state index contributed by atoms with van der Waals surface area (Å²) in [5.41, 5.74) is 9.64. The van der Waals surface area contributed by atoms with E-state index in [1.54, 1.807) is 0 Å². The third-order valence-corrected chi connectivity index (χ3v) is 6.34. The molecule has 1 aromatic rings. The molecule has 1 aliphatic heterocycles. The molecule has 1 unspecified atom stereocenters. The lowest BCUT2D eigenvalue weighted by atomic mass is 9.71. The summed E-state index contributed by atoms with van der Waals surface area (Å²) < 4.78 is 1.94. The Morgan fingerprint density at radius 3 is 2.54 bits per heavy atom. The van der Waals surface area contributed by atoms with Gasteiger partial charge in [0.2, 0.25) is 5.91 Å². The topological polar surface area (TPSA) is 64.2 Å². The smallest absolute Gasteiger partial charge is 0.223 e. The van der Waals surface area contributed by atoms with Gasteiger partial charge in [-0.05, 0) is 51.5 Å². The first kappa shape index (κ1) is 17.5. The maximum Gasteiger partial charge on any atom is 0.223 e. The monoisotopic (exact) mass is 332 g/mol. The first-order valence-electron chi connectivity index (χ1n) is 9.47. The molecule has 2 aliphatic rings. The predicted octanol–water partition coefficient (Wildman–Crippen LogP) is 3.00. The number of carbonyl (C=O) groups is 1. The molecule has 134 valence electrons. The summed E-state index contributed by atoms with van der Waals surface area (Å²) in [5.74, 6) is 0.299. The molecule has 1 atom stereocenters. The molecule has 2 heterocycles. The molecule has 3 rings (SSSR count). The van der Waals surface area contributed by atoms with E-state index in [1.165, 1.54) is 30.5 Å². The Kier molecular flexibility index (Phi) is 5.00. The summed E-state index contributed by atoms with van der Waals surface area (Å²) in [6, 6.07) is 0.199. The summed E-state index contributed by atoms with van der Waals surface area (Å²) in [7, 11) is 1.98. The van der Waals surface area contributed by atoms with Gasteiger partial charge in [0.1, 0.15) is 0 Å². The minimum Gasteiger partial charge on any atom is -0.336 e. The van der Waals surface area contributed by atoms with Crippen molar-refractivity contribution < 1.29 is 4.79 Å². The van der Waals surface area contributed by atoms with E-state index in [9.17, 15) is 4.79 Å². The van der Waals surface area contributed by atoms with Gasteiger partial charge in [0.15, 0.2) is 0 Å². The minimum atomic E-state index is 0.0432. The first-order chi connectivity index (χ1) is 11.5. The molecule has 1 aliphatic carbocycles.